The summed E-state index contributed by atoms with van der Waals surface area (Å²) in [5.74, 6) is -0.775. The van der Waals surface area contributed by atoms with Crippen LogP contribution in [-0.2, 0) is 9.59 Å². The summed E-state index contributed by atoms with van der Waals surface area (Å²) in [7, 11) is 1.56. The van der Waals surface area contributed by atoms with Gasteiger partial charge in [-0.2, -0.15) is 0 Å². The van der Waals surface area contributed by atoms with Gasteiger partial charge in [0.25, 0.3) is 0 Å². The molecule has 0 heterocycles. The minimum Gasteiger partial charge on any atom is -0.497 e. The van der Waals surface area contributed by atoms with Crippen LogP contribution in [0.4, 0.5) is 11.4 Å². The Morgan fingerprint density at radius 1 is 0.792 bits per heavy atom. The number of carbonyl (C=O) groups excluding carboxylic acids is 2. The molecule has 0 saturated carbocycles. The van der Waals surface area contributed by atoms with Crippen molar-refractivity contribution in [3.05, 3.63) is 66.7 Å². The summed E-state index contributed by atoms with van der Waals surface area (Å²) < 4.78 is 5.05. The minimum atomic E-state index is -0.729. The molecule has 0 spiro atoms. The number of rotatable bonds is 3. The van der Waals surface area contributed by atoms with Gasteiger partial charge in [0.05, 0.1) is 7.11 Å². The number of benzene rings is 3. The Kier molecular flexibility index (Phi) is 4.43. The topological polar surface area (TPSA) is 67.4 Å². The number of hydrogen-bond acceptors (Lipinski definition) is 3. The molecule has 0 fully saturated rings. The van der Waals surface area contributed by atoms with Crippen molar-refractivity contribution in [2.45, 2.75) is 0 Å². The van der Waals surface area contributed by atoms with Crippen molar-refractivity contribution in [1.29, 1.82) is 0 Å². The van der Waals surface area contributed by atoms with Crippen LogP contribution in [0.2, 0.25) is 0 Å². The molecule has 0 aliphatic carbocycles. The highest BCUT2D eigenvalue weighted by molar-refractivity contribution is 6.44. The van der Waals surface area contributed by atoms with E-state index in [0.29, 0.717) is 17.1 Å². The maximum atomic E-state index is 12.1. The molecule has 2 N–H and O–H groups in total. The quantitative estimate of drug-likeness (QED) is 0.727. The number of fused-ring (bicyclic) bond motifs is 1. The van der Waals surface area contributed by atoms with E-state index in [1.54, 1.807) is 37.4 Å². The largest absolute Gasteiger partial charge is 0.497 e. The molecule has 2 amide bonds. The van der Waals surface area contributed by atoms with Gasteiger partial charge in [0.2, 0.25) is 0 Å². The average Bonchev–Trinajstić information content (AvgIpc) is 2.62. The molecular formula is C19H16N2O3. The van der Waals surface area contributed by atoms with Gasteiger partial charge >= 0.3 is 11.8 Å². The standard InChI is InChI=1S/C19H16N2O3/c1-24-15-11-9-14(10-12-15)20-18(22)19(23)21-17-8-4-6-13-5-2-3-7-16(13)17/h2-12H,1H3,(H,20,22)(H,21,23). The number of methoxy groups -OCH3 is 1. The highest BCUT2D eigenvalue weighted by atomic mass is 16.5. The third-order valence-electron chi connectivity index (χ3n) is 3.59. The first kappa shape index (κ1) is 15.6. The molecule has 0 saturated heterocycles. The number of hydrogen-bond donors (Lipinski definition) is 2. The predicted molar refractivity (Wildman–Crippen MR) is 94.2 cm³/mol. The summed E-state index contributed by atoms with van der Waals surface area (Å²) in [5, 5.41) is 7.08. The number of ether oxygens (including phenoxy) is 1. The second kappa shape index (κ2) is 6.83. The van der Waals surface area contributed by atoms with Crippen LogP contribution >= 0.6 is 0 Å². The van der Waals surface area contributed by atoms with E-state index in [-0.39, 0.29) is 0 Å². The van der Waals surface area contributed by atoms with Gasteiger partial charge in [-0.25, -0.2) is 0 Å². The maximum absolute atomic E-state index is 12.1. The van der Waals surface area contributed by atoms with Gasteiger partial charge in [-0.05, 0) is 35.7 Å². The lowest BCUT2D eigenvalue weighted by Crippen LogP contribution is -2.29. The zero-order valence-electron chi connectivity index (χ0n) is 13.1. The second-order valence-electron chi connectivity index (χ2n) is 5.16. The van der Waals surface area contributed by atoms with Gasteiger partial charge in [-0.15, -0.1) is 0 Å². The Balaban J connectivity index is 1.72. The Labute approximate surface area is 139 Å². The monoisotopic (exact) mass is 320 g/mol. The van der Waals surface area contributed by atoms with Crippen molar-refractivity contribution in [3.8, 4) is 5.75 Å². The van der Waals surface area contributed by atoms with Crippen LogP contribution in [0.3, 0.4) is 0 Å². The Morgan fingerprint density at radius 3 is 2.21 bits per heavy atom. The summed E-state index contributed by atoms with van der Waals surface area (Å²) in [6, 6.07) is 19.9. The van der Waals surface area contributed by atoms with Gasteiger partial charge < -0.3 is 15.4 Å². The molecule has 24 heavy (non-hydrogen) atoms. The summed E-state index contributed by atoms with van der Waals surface area (Å²) in [6.45, 7) is 0. The predicted octanol–water partition coefficient (Wildman–Crippen LogP) is 3.43. The van der Waals surface area contributed by atoms with Crippen LogP contribution in [0, 0.1) is 0 Å². The highest BCUT2D eigenvalue weighted by Gasteiger charge is 2.15. The molecule has 3 aromatic carbocycles. The Hall–Kier alpha value is -3.34. The van der Waals surface area contributed by atoms with Crippen molar-refractivity contribution in [2.75, 3.05) is 17.7 Å². The second-order valence-corrected chi connectivity index (χ2v) is 5.16. The zero-order chi connectivity index (χ0) is 16.9. The molecule has 0 aliphatic heterocycles. The fraction of sp³-hybridized carbons (Fsp3) is 0.0526. The first-order valence-electron chi connectivity index (χ1n) is 7.41. The number of carbonyl (C=O) groups is 2. The lowest BCUT2D eigenvalue weighted by molar-refractivity contribution is -0.132. The fourth-order valence-corrected chi connectivity index (χ4v) is 2.38. The van der Waals surface area contributed by atoms with E-state index < -0.39 is 11.8 Å². The van der Waals surface area contributed by atoms with Crippen LogP contribution in [0.1, 0.15) is 0 Å². The van der Waals surface area contributed by atoms with Crippen molar-refractivity contribution in [2.24, 2.45) is 0 Å². The third-order valence-corrected chi connectivity index (χ3v) is 3.59. The minimum absolute atomic E-state index is 0.522. The smallest absolute Gasteiger partial charge is 0.314 e. The van der Waals surface area contributed by atoms with Gasteiger partial charge in [0.1, 0.15) is 5.75 Å². The first-order chi connectivity index (χ1) is 11.7. The third kappa shape index (κ3) is 3.35. The Bertz CT molecular complexity index is 883. The van der Waals surface area contributed by atoms with Gasteiger partial charge in [-0.1, -0.05) is 36.4 Å². The first-order valence-corrected chi connectivity index (χ1v) is 7.41. The molecule has 3 rings (SSSR count). The molecule has 0 atom stereocenters. The molecule has 0 aliphatic rings. The number of amides is 2. The van der Waals surface area contributed by atoms with Gasteiger partial charge in [0.15, 0.2) is 0 Å². The SMILES string of the molecule is COc1ccc(NC(=O)C(=O)Nc2cccc3ccccc23)cc1. The van der Waals surface area contributed by atoms with Gasteiger partial charge in [0, 0.05) is 16.8 Å². The van der Waals surface area contributed by atoms with Crippen molar-refractivity contribution < 1.29 is 14.3 Å². The molecule has 120 valence electrons. The number of anilines is 2. The van der Waals surface area contributed by atoms with E-state index in [4.69, 9.17) is 4.74 Å². The van der Waals surface area contributed by atoms with E-state index in [0.717, 1.165) is 10.8 Å². The molecule has 0 unspecified atom stereocenters. The van der Waals surface area contributed by atoms with Crippen LogP contribution in [0.5, 0.6) is 5.75 Å². The van der Waals surface area contributed by atoms with Crippen LogP contribution in [-0.4, -0.2) is 18.9 Å². The molecule has 3 aromatic rings. The van der Waals surface area contributed by atoms with Crippen molar-refractivity contribution in [1.82, 2.24) is 0 Å². The lowest BCUT2D eigenvalue weighted by atomic mass is 10.1. The summed E-state index contributed by atoms with van der Waals surface area (Å²) >= 11 is 0. The summed E-state index contributed by atoms with van der Waals surface area (Å²) in [5.41, 5.74) is 1.12. The van der Waals surface area contributed by atoms with Crippen LogP contribution in [0.15, 0.2) is 66.7 Å². The highest BCUT2D eigenvalue weighted by Crippen LogP contribution is 2.23. The molecule has 0 radical (unpaired) electrons. The maximum Gasteiger partial charge on any atom is 0.314 e. The fourth-order valence-electron chi connectivity index (χ4n) is 2.38. The average molecular weight is 320 g/mol. The van der Waals surface area contributed by atoms with Gasteiger partial charge in [-0.3, -0.25) is 9.59 Å². The van der Waals surface area contributed by atoms with Crippen LogP contribution < -0.4 is 15.4 Å². The molecule has 5 nitrogen and oxygen atoms in total. The molecular weight excluding hydrogens is 304 g/mol. The molecule has 5 heteroatoms. The van der Waals surface area contributed by atoms with E-state index in [1.807, 2.05) is 36.4 Å². The van der Waals surface area contributed by atoms with E-state index in [1.165, 1.54) is 0 Å². The summed E-state index contributed by atoms with van der Waals surface area (Å²) in [4.78, 5) is 24.2. The number of nitrogens with one attached hydrogen (secondary N) is 2. The zero-order valence-corrected chi connectivity index (χ0v) is 13.1. The van der Waals surface area contributed by atoms with Crippen molar-refractivity contribution in [3.63, 3.8) is 0 Å². The Morgan fingerprint density at radius 2 is 1.46 bits per heavy atom. The van der Waals surface area contributed by atoms with Crippen molar-refractivity contribution >= 4 is 34.0 Å². The lowest BCUT2D eigenvalue weighted by Gasteiger charge is -2.09. The normalized spacial score (nSPS) is 10.2. The van der Waals surface area contributed by atoms with E-state index in [2.05, 4.69) is 10.6 Å². The summed E-state index contributed by atoms with van der Waals surface area (Å²) in [6.07, 6.45) is 0. The van der Waals surface area contributed by atoms with E-state index >= 15 is 0 Å². The molecule has 0 bridgehead atoms. The molecule has 0 aromatic heterocycles. The van der Waals surface area contributed by atoms with E-state index in [9.17, 15) is 9.59 Å². The van der Waals surface area contributed by atoms with Crippen LogP contribution in [0.25, 0.3) is 10.8 Å².